The van der Waals surface area contributed by atoms with Gasteiger partial charge >= 0.3 is 11.9 Å². The fourth-order valence-corrected chi connectivity index (χ4v) is 1.94. The van der Waals surface area contributed by atoms with Gasteiger partial charge in [-0.25, -0.2) is 0 Å². The highest BCUT2D eigenvalue weighted by Gasteiger charge is 2.39. The van der Waals surface area contributed by atoms with E-state index in [4.69, 9.17) is 9.47 Å². The summed E-state index contributed by atoms with van der Waals surface area (Å²) in [7, 11) is 1.32. The summed E-state index contributed by atoms with van der Waals surface area (Å²) in [6, 6.07) is 7.49. The average molecular weight is 264 g/mol. The molecule has 19 heavy (non-hydrogen) atoms. The number of ether oxygens (including phenoxy) is 2. The van der Waals surface area contributed by atoms with Crippen molar-refractivity contribution in [2.24, 2.45) is 0 Å². The van der Waals surface area contributed by atoms with Gasteiger partial charge in [-0.2, -0.15) is 0 Å². The molecule has 0 saturated carbocycles. The number of rotatable bonds is 5. The topological polar surface area (TPSA) is 52.6 Å². The molecule has 0 amide bonds. The van der Waals surface area contributed by atoms with Crippen molar-refractivity contribution in [1.29, 1.82) is 0 Å². The van der Waals surface area contributed by atoms with Gasteiger partial charge in [-0.15, -0.1) is 0 Å². The molecule has 0 heterocycles. The Kier molecular flexibility index (Phi) is 5.10. The Morgan fingerprint density at radius 3 is 2.26 bits per heavy atom. The number of carbonyl (C=O) groups excluding carboxylic acids is 2. The summed E-state index contributed by atoms with van der Waals surface area (Å²) in [4.78, 5) is 23.7. The first kappa shape index (κ1) is 15.2. The molecule has 4 nitrogen and oxygen atoms in total. The second-order valence-electron chi connectivity index (χ2n) is 4.67. The minimum absolute atomic E-state index is 0.0312. The fraction of sp³-hybridized carbons (Fsp3) is 0.467. The minimum atomic E-state index is -1.02. The van der Waals surface area contributed by atoms with E-state index in [0.29, 0.717) is 6.61 Å². The molecule has 104 valence electrons. The van der Waals surface area contributed by atoms with Crippen molar-refractivity contribution >= 4 is 11.9 Å². The van der Waals surface area contributed by atoms with Crippen molar-refractivity contribution in [3.05, 3.63) is 35.4 Å². The Labute approximate surface area is 113 Å². The standard InChI is InChI=1S/C15H20O4/c1-5-19-13(16)10-15(3,14(17)18-4)12-8-6-11(2)7-9-12/h6-9H,5,10H2,1-4H3/t15-/m0/s1. The van der Waals surface area contributed by atoms with Crippen LogP contribution in [0.15, 0.2) is 24.3 Å². The van der Waals surface area contributed by atoms with Gasteiger partial charge < -0.3 is 9.47 Å². The Hall–Kier alpha value is -1.84. The maximum absolute atomic E-state index is 12.0. The number of aryl methyl sites for hydroxylation is 1. The third kappa shape index (κ3) is 3.56. The minimum Gasteiger partial charge on any atom is -0.468 e. The molecule has 1 rings (SSSR count). The first-order valence-corrected chi connectivity index (χ1v) is 6.25. The number of hydrogen-bond donors (Lipinski definition) is 0. The summed E-state index contributed by atoms with van der Waals surface area (Å²) in [6.07, 6.45) is -0.0312. The molecule has 0 aliphatic heterocycles. The Balaban J connectivity index is 3.09. The zero-order chi connectivity index (χ0) is 14.5. The summed E-state index contributed by atoms with van der Waals surface area (Å²) >= 11 is 0. The summed E-state index contributed by atoms with van der Waals surface area (Å²) in [5, 5.41) is 0. The molecular formula is C15H20O4. The third-order valence-electron chi connectivity index (χ3n) is 3.13. The van der Waals surface area contributed by atoms with E-state index in [2.05, 4.69) is 0 Å². The number of carbonyl (C=O) groups is 2. The van der Waals surface area contributed by atoms with Gasteiger partial charge in [0.15, 0.2) is 0 Å². The first-order chi connectivity index (χ1) is 8.93. The van der Waals surface area contributed by atoms with E-state index in [0.717, 1.165) is 11.1 Å². The Morgan fingerprint density at radius 2 is 1.79 bits per heavy atom. The molecule has 1 aromatic carbocycles. The Bertz CT molecular complexity index is 450. The highest BCUT2D eigenvalue weighted by molar-refractivity contribution is 5.88. The largest absolute Gasteiger partial charge is 0.468 e. The molecule has 0 aliphatic rings. The predicted octanol–water partition coefficient (Wildman–Crippen LogP) is 2.38. The molecule has 0 bridgehead atoms. The van der Waals surface area contributed by atoms with Gasteiger partial charge in [0.05, 0.1) is 20.1 Å². The lowest BCUT2D eigenvalue weighted by Gasteiger charge is -2.26. The summed E-state index contributed by atoms with van der Waals surface area (Å²) < 4.78 is 9.76. The summed E-state index contributed by atoms with van der Waals surface area (Å²) in [5.41, 5.74) is 0.819. The van der Waals surface area contributed by atoms with Crippen LogP contribution in [0.4, 0.5) is 0 Å². The van der Waals surface area contributed by atoms with Gasteiger partial charge in [-0.3, -0.25) is 9.59 Å². The maximum atomic E-state index is 12.0. The molecule has 0 saturated heterocycles. The molecule has 1 atom stereocenters. The second-order valence-corrected chi connectivity index (χ2v) is 4.67. The number of hydrogen-bond acceptors (Lipinski definition) is 4. The molecule has 0 N–H and O–H groups in total. The van der Waals surface area contributed by atoms with Crippen LogP contribution in [0.1, 0.15) is 31.4 Å². The van der Waals surface area contributed by atoms with E-state index in [1.54, 1.807) is 13.8 Å². The van der Waals surface area contributed by atoms with Gasteiger partial charge in [0.2, 0.25) is 0 Å². The van der Waals surface area contributed by atoms with E-state index in [1.165, 1.54) is 7.11 Å². The van der Waals surface area contributed by atoms with Crippen molar-refractivity contribution < 1.29 is 19.1 Å². The number of esters is 2. The average Bonchev–Trinajstić information content (AvgIpc) is 2.38. The molecule has 0 aliphatic carbocycles. The lowest BCUT2D eigenvalue weighted by Crippen LogP contribution is -2.36. The van der Waals surface area contributed by atoms with E-state index in [9.17, 15) is 9.59 Å². The molecular weight excluding hydrogens is 244 g/mol. The third-order valence-corrected chi connectivity index (χ3v) is 3.13. The summed E-state index contributed by atoms with van der Waals surface area (Å²) in [6.45, 7) is 5.69. The highest BCUT2D eigenvalue weighted by atomic mass is 16.5. The maximum Gasteiger partial charge on any atom is 0.316 e. The van der Waals surface area contributed by atoms with E-state index in [-0.39, 0.29) is 6.42 Å². The van der Waals surface area contributed by atoms with Crippen LogP contribution in [0.3, 0.4) is 0 Å². The number of benzene rings is 1. The van der Waals surface area contributed by atoms with Crippen LogP contribution in [-0.2, 0) is 24.5 Å². The molecule has 0 aromatic heterocycles. The van der Waals surface area contributed by atoms with Crippen molar-refractivity contribution in [1.82, 2.24) is 0 Å². The lowest BCUT2D eigenvalue weighted by atomic mass is 9.79. The van der Waals surface area contributed by atoms with Crippen LogP contribution in [0.5, 0.6) is 0 Å². The van der Waals surface area contributed by atoms with Gasteiger partial charge in [-0.05, 0) is 26.3 Å². The van der Waals surface area contributed by atoms with E-state index >= 15 is 0 Å². The van der Waals surface area contributed by atoms with Gasteiger partial charge in [0, 0.05) is 0 Å². The van der Waals surface area contributed by atoms with Crippen molar-refractivity contribution in [2.45, 2.75) is 32.6 Å². The second kappa shape index (κ2) is 6.36. The number of methoxy groups -OCH3 is 1. The molecule has 0 fully saturated rings. The SMILES string of the molecule is CCOC(=O)C[C@](C)(C(=O)OC)c1ccc(C)cc1. The zero-order valence-corrected chi connectivity index (χ0v) is 11.9. The normalized spacial score (nSPS) is 13.5. The van der Waals surface area contributed by atoms with Crippen LogP contribution in [0.2, 0.25) is 0 Å². The Morgan fingerprint density at radius 1 is 1.21 bits per heavy atom. The fourth-order valence-electron chi connectivity index (χ4n) is 1.94. The van der Waals surface area contributed by atoms with Crippen molar-refractivity contribution in [3.63, 3.8) is 0 Å². The van der Waals surface area contributed by atoms with Crippen molar-refractivity contribution in [3.8, 4) is 0 Å². The molecule has 1 aromatic rings. The predicted molar refractivity (Wildman–Crippen MR) is 71.8 cm³/mol. The monoisotopic (exact) mass is 264 g/mol. The van der Waals surface area contributed by atoms with Crippen LogP contribution in [-0.4, -0.2) is 25.7 Å². The summed E-state index contributed by atoms with van der Waals surface area (Å²) in [5.74, 6) is -0.847. The molecule has 4 heteroatoms. The van der Waals surface area contributed by atoms with E-state index in [1.807, 2.05) is 31.2 Å². The van der Waals surface area contributed by atoms with Gasteiger partial charge in [-0.1, -0.05) is 29.8 Å². The quantitative estimate of drug-likeness (QED) is 0.766. The smallest absolute Gasteiger partial charge is 0.316 e. The van der Waals surface area contributed by atoms with E-state index < -0.39 is 17.4 Å². The van der Waals surface area contributed by atoms with Crippen LogP contribution < -0.4 is 0 Å². The van der Waals surface area contributed by atoms with Crippen LogP contribution in [0, 0.1) is 6.92 Å². The molecule has 0 unspecified atom stereocenters. The zero-order valence-electron chi connectivity index (χ0n) is 11.9. The lowest BCUT2D eigenvalue weighted by molar-refractivity contribution is -0.154. The van der Waals surface area contributed by atoms with Crippen molar-refractivity contribution in [2.75, 3.05) is 13.7 Å². The van der Waals surface area contributed by atoms with Gasteiger partial charge in [0.1, 0.15) is 5.41 Å². The van der Waals surface area contributed by atoms with Gasteiger partial charge in [0.25, 0.3) is 0 Å². The van der Waals surface area contributed by atoms with Crippen LogP contribution in [0.25, 0.3) is 0 Å². The molecule has 0 spiro atoms. The first-order valence-electron chi connectivity index (χ1n) is 6.25. The van der Waals surface area contributed by atoms with Crippen LogP contribution >= 0.6 is 0 Å². The molecule has 0 radical (unpaired) electrons. The highest BCUT2D eigenvalue weighted by Crippen LogP contribution is 2.30.